The van der Waals surface area contributed by atoms with Crippen LogP contribution in [0.2, 0.25) is 0 Å². The fourth-order valence-corrected chi connectivity index (χ4v) is 2.04. The third-order valence-corrected chi connectivity index (χ3v) is 2.92. The van der Waals surface area contributed by atoms with Crippen LogP contribution in [0.1, 0.15) is 25.8 Å². The summed E-state index contributed by atoms with van der Waals surface area (Å²) in [4.78, 5) is 13.7. The predicted octanol–water partition coefficient (Wildman–Crippen LogP) is 1.67. The SMILES string of the molecule is CCC(=O)N1CC(C)Oc2cc(CN)ccc21. The summed E-state index contributed by atoms with van der Waals surface area (Å²) >= 11 is 0. The Kier molecular flexibility index (Phi) is 3.33. The van der Waals surface area contributed by atoms with Gasteiger partial charge < -0.3 is 15.4 Å². The van der Waals surface area contributed by atoms with Crippen LogP contribution in [0.15, 0.2) is 18.2 Å². The molecule has 0 bridgehead atoms. The third-order valence-electron chi connectivity index (χ3n) is 2.92. The van der Waals surface area contributed by atoms with Gasteiger partial charge in [0, 0.05) is 13.0 Å². The van der Waals surface area contributed by atoms with Gasteiger partial charge in [-0.2, -0.15) is 0 Å². The Morgan fingerprint density at radius 2 is 2.35 bits per heavy atom. The minimum atomic E-state index is 0.0195. The van der Waals surface area contributed by atoms with Gasteiger partial charge in [0.15, 0.2) is 0 Å². The Morgan fingerprint density at radius 3 is 3.00 bits per heavy atom. The van der Waals surface area contributed by atoms with Gasteiger partial charge in [-0.15, -0.1) is 0 Å². The Labute approximate surface area is 101 Å². The highest BCUT2D eigenvalue weighted by molar-refractivity contribution is 5.95. The van der Waals surface area contributed by atoms with E-state index in [-0.39, 0.29) is 12.0 Å². The quantitative estimate of drug-likeness (QED) is 0.846. The molecular formula is C13H18N2O2. The van der Waals surface area contributed by atoms with Crippen LogP contribution in [0.25, 0.3) is 0 Å². The molecule has 1 atom stereocenters. The summed E-state index contributed by atoms with van der Waals surface area (Å²) in [5, 5.41) is 0. The van der Waals surface area contributed by atoms with Crippen molar-refractivity contribution in [3.05, 3.63) is 23.8 Å². The Bertz CT molecular complexity index is 431. The minimum absolute atomic E-state index is 0.0195. The molecule has 1 unspecified atom stereocenters. The van der Waals surface area contributed by atoms with Crippen LogP contribution in [-0.2, 0) is 11.3 Å². The van der Waals surface area contributed by atoms with Crippen LogP contribution in [0.4, 0.5) is 5.69 Å². The normalized spacial score (nSPS) is 18.5. The number of hydrogen-bond acceptors (Lipinski definition) is 3. The lowest BCUT2D eigenvalue weighted by atomic mass is 10.1. The van der Waals surface area contributed by atoms with E-state index in [0.717, 1.165) is 17.0 Å². The first-order valence-electron chi connectivity index (χ1n) is 5.95. The van der Waals surface area contributed by atoms with Gasteiger partial charge in [-0.25, -0.2) is 0 Å². The van der Waals surface area contributed by atoms with E-state index in [1.54, 1.807) is 4.90 Å². The Hall–Kier alpha value is -1.55. The standard InChI is InChI=1S/C13H18N2O2/c1-3-13(16)15-8-9(2)17-12-6-10(7-14)4-5-11(12)15/h4-6,9H,3,7-8,14H2,1-2H3. The number of hydrogen-bond donors (Lipinski definition) is 1. The van der Waals surface area contributed by atoms with Crippen molar-refractivity contribution in [1.29, 1.82) is 0 Å². The zero-order valence-electron chi connectivity index (χ0n) is 10.3. The lowest BCUT2D eigenvalue weighted by Gasteiger charge is -2.33. The number of benzene rings is 1. The summed E-state index contributed by atoms with van der Waals surface area (Å²) in [5.41, 5.74) is 7.47. The number of carbonyl (C=O) groups is 1. The van der Waals surface area contributed by atoms with Gasteiger partial charge in [-0.3, -0.25) is 4.79 Å². The molecule has 1 aromatic rings. The Morgan fingerprint density at radius 1 is 1.59 bits per heavy atom. The molecule has 1 aliphatic rings. The molecule has 1 aromatic carbocycles. The number of anilines is 1. The van der Waals surface area contributed by atoms with Crippen molar-refractivity contribution in [2.24, 2.45) is 5.73 Å². The monoisotopic (exact) mass is 234 g/mol. The summed E-state index contributed by atoms with van der Waals surface area (Å²) in [7, 11) is 0. The molecule has 0 aromatic heterocycles. The maximum atomic E-state index is 11.9. The van der Waals surface area contributed by atoms with E-state index >= 15 is 0 Å². The maximum absolute atomic E-state index is 11.9. The van der Waals surface area contributed by atoms with E-state index in [1.807, 2.05) is 32.0 Å². The number of amides is 1. The minimum Gasteiger partial charge on any atom is -0.487 e. The molecule has 0 saturated carbocycles. The molecule has 1 amide bonds. The smallest absolute Gasteiger partial charge is 0.226 e. The molecule has 17 heavy (non-hydrogen) atoms. The lowest BCUT2D eigenvalue weighted by Crippen LogP contribution is -2.42. The first-order chi connectivity index (χ1) is 8.15. The number of nitrogens with zero attached hydrogens (tertiary/aromatic N) is 1. The molecule has 2 N–H and O–H groups in total. The van der Waals surface area contributed by atoms with Crippen LogP contribution in [-0.4, -0.2) is 18.6 Å². The van der Waals surface area contributed by atoms with Crippen LogP contribution in [0.5, 0.6) is 5.75 Å². The third kappa shape index (κ3) is 2.26. The van der Waals surface area contributed by atoms with E-state index in [9.17, 15) is 4.79 Å². The average Bonchev–Trinajstić information content (AvgIpc) is 2.35. The van der Waals surface area contributed by atoms with Crippen molar-refractivity contribution in [1.82, 2.24) is 0 Å². The molecule has 0 radical (unpaired) electrons. The van der Waals surface area contributed by atoms with E-state index in [1.165, 1.54) is 0 Å². The second kappa shape index (κ2) is 4.75. The molecule has 4 heteroatoms. The van der Waals surface area contributed by atoms with Gasteiger partial charge in [0.25, 0.3) is 0 Å². The van der Waals surface area contributed by atoms with Gasteiger partial charge in [0.1, 0.15) is 11.9 Å². The largest absolute Gasteiger partial charge is 0.487 e. The zero-order valence-corrected chi connectivity index (χ0v) is 10.3. The van der Waals surface area contributed by atoms with Gasteiger partial charge in [0.05, 0.1) is 12.2 Å². The first-order valence-corrected chi connectivity index (χ1v) is 5.95. The van der Waals surface area contributed by atoms with Gasteiger partial charge in [-0.1, -0.05) is 13.0 Å². The summed E-state index contributed by atoms with van der Waals surface area (Å²) in [6.45, 7) is 4.93. The molecule has 0 saturated heterocycles. The molecule has 0 aliphatic carbocycles. The second-order valence-corrected chi connectivity index (χ2v) is 4.29. The number of fused-ring (bicyclic) bond motifs is 1. The topological polar surface area (TPSA) is 55.6 Å². The molecule has 0 fully saturated rings. The molecular weight excluding hydrogens is 216 g/mol. The summed E-state index contributed by atoms with van der Waals surface area (Å²) in [6.07, 6.45) is 0.524. The van der Waals surface area contributed by atoms with Gasteiger partial charge in [0.2, 0.25) is 5.91 Å². The van der Waals surface area contributed by atoms with Crippen LogP contribution >= 0.6 is 0 Å². The highest BCUT2D eigenvalue weighted by Gasteiger charge is 2.26. The molecule has 0 spiro atoms. The fraction of sp³-hybridized carbons (Fsp3) is 0.462. The summed E-state index contributed by atoms with van der Waals surface area (Å²) in [5.74, 6) is 0.885. The highest BCUT2D eigenvalue weighted by atomic mass is 16.5. The predicted molar refractivity (Wildman–Crippen MR) is 67.1 cm³/mol. The number of nitrogens with two attached hydrogens (primary N) is 1. The van der Waals surface area contributed by atoms with Crippen molar-refractivity contribution in [2.45, 2.75) is 32.9 Å². The van der Waals surface area contributed by atoms with Gasteiger partial charge >= 0.3 is 0 Å². The molecule has 1 aliphatic heterocycles. The number of ether oxygens (including phenoxy) is 1. The van der Waals surface area contributed by atoms with Crippen molar-refractivity contribution in [3.8, 4) is 5.75 Å². The summed E-state index contributed by atoms with van der Waals surface area (Å²) in [6, 6.07) is 5.77. The zero-order chi connectivity index (χ0) is 12.4. The molecule has 4 nitrogen and oxygen atoms in total. The van der Waals surface area contributed by atoms with Crippen LogP contribution in [0, 0.1) is 0 Å². The molecule has 2 rings (SSSR count). The van der Waals surface area contributed by atoms with E-state index < -0.39 is 0 Å². The van der Waals surface area contributed by atoms with E-state index in [4.69, 9.17) is 10.5 Å². The van der Waals surface area contributed by atoms with Crippen molar-refractivity contribution in [2.75, 3.05) is 11.4 Å². The number of carbonyl (C=O) groups excluding carboxylic acids is 1. The number of rotatable bonds is 2. The van der Waals surface area contributed by atoms with Gasteiger partial charge in [-0.05, 0) is 24.6 Å². The van der Waals surface area contributed by atoms with Crippen LogP contribution < -0.4 is 15.4 Å². The highest BCUT2D eigenvalue weighted by Crippen LogP contribution is 2.34. The lowest BCUT2D eigenvalue weighted by molar-refractivity contribution is -0.118. The second-order valence-electron chi connectivity index (χ2n) is 4.29. The van der Waals surface area contributed by atoms with Crippen LogP contribution in [0.3, 0.4) is 0 Å². The average molecular weight is 234 g/mol. The molecule has 1 heterocycles. The maximum Gasteiger partial charge on any atom is 0.226 e. The summed E-state index contributed by atoms with van der Waals surface area (Å²) < 4.78 is 5.75. The van der Waals surface area contributed by atoms with E-state index in [2.05, 4.69) is 0 Å². The molecule has 92 valence electrons. The fourth-order valence-electron chi connectivity index (χ4n) is 2.04. The van der Waals surface area contributed by atoms with Crippen molar-refractivity contribution < 1.29 is 9.53 Å². The van der Waals surface area contributed by atoms with Crippen molar-refractivity contribution in [3.63, 3.8) is 0 Å². The van der Waals surface area contributed by atoms with E-state index in [0.29, 0.717) is 19.5 Å². The Balaban J connectivity index is 2.40. The van der Waals surface area contributed by atoms with Crippen molar-refractivity contribution >= 4 is 11.6 Å². The first kappa shape index (κ1) is 11.9.